The minimum absolute atomic E-state index is 0.254. The monoisotopic (exact) mass is 545 g/mol. The molecule has 1 atom stereocenters. The highest BCUT2D eigenvalue weighted by atomic mass is 19.1. The van der Waals surface area contributed by atoms with E-state index in [9.17, 15) is 13.6 Å². The number of urea groups is 1. The maximum Gasteiger partial charge on any atom is 0.342 e. The van der Waals surface area contributed by atoms with Crippen LogP contribution in [-0.4, -0.2) is 23.3 Å². The van der Waals surface area contributed by atoms with Gasteiger partial charge in [0.1, 0.15) is 23.1 Å². The molecule has 0 saturated carbocycles. The topological polar surface area (TPSA) is 53.9 Å². The summed E-state index contributed by atoms with van der Waals surface area (Å²) in [6.45, 7) is 0.254. The predicted octanol–water partition coefficient (Wildman–Crippen LogP) is 8.46. The lowest BCUT2D eigenvalue weighted by Gasteiger charge is -2.16. The maximum absolute atomic E-state index is 13.6. The van der Waals surface area contributed by atoms with E-state index in [1.165, 1.54) is 29.3 Å². The number of amides is 2. The second-order valence-corrected chi connectivity index (χ2v) is 9.63. The third kappa shape index (κ3) is 5.99. The molecule has 1 unspecified atom stereocenters. The number of nitrogens with one attached hydrogen (secondary N) is 1. The van der Waals surface area contributed by atoms with Crippen LogP contribution >= 0.6 is 0 Å². The lowest BCUT2D eigenvalue weighted by Crippen LogP contribution is -2.30. The first-order valence-electron chi connectivity index (χ1n) is 13.1. The third-order valence-corrected chi connectivity index (χ3v) is 6.86. The molecule has 0 fully saturated rings. The lowest BCUT2D eigenvalue weighted by molar-refractivity contribution is 0.218. The van der Waals surface area contributed by atoms with Crippen LogP contribution in [0, 0.1) is 11.6 Å². The van der Waals surface area contributed by atoms with Gasteiger partial charge in [-0.2, -0.15) is 5.10 Å². The molecule has 0 radical (unpaired) electrons. The quantitative estimate of drug-likeness (QED) is 0.233. The first-order chi connectivity index (χ1) is 20.0. The summed E-state index contributed by atoms with van der Waals surface area (Å²) in [5, 5.41) is 8.77. The van der Waals surface area contributed by atoms with Crippen molar-refractivity contribution < 1.29 is 18.3 Å². The molecule has 0 bridgehead atoms. The number of carbonyl (C=O) groups excluding carboxylic acids is 1. The molecule has 202 valence electrons. The average molecular weight is 546 g/mol. The summed E-state index contributed by atoms with van der Waals surface area (Å²) >= 11 is 0. The van der Waals surface area contributed by atoms with E-state index >= 15 is 0 Å². The van der Waals surface area contributed by atoms with Crippen LogP contribution in [0.4, 0.5) is 19.3 Å². The average Bonchev–Trinajstić information content (AvgIpc) is 3.46. The molecule has 1 N–H and O–H groups in total. The van der Waals surface area contributed by atoms with Crippen molar-refractivity contribution in [3.8, 4) is 22.6 Å². The van der Waals surface area contributed by atoms with Crippen molar-refractivity contribution in [2.24, 2.45) is 5.10 Å². The van der Waals surface area contributed by atoms with Gasteiger partial charge in [0.2, 0.25) is 0 Å². The Morgan fingerprint density at radius 3 is 1.85 bits per heavy atom. The van der Waals surface area contributed by atoms with Gasteiger partial charge in [-0.15, -0.1) is 0 Å². The second-order valence-electron chi connectivity index (χ2n) is 9.63. The Morgan fingerprint density at radius 1 is 0.683 bits per heavy atom. The zero-order valence-electron chi connectivity index (χ0n) is 21.9. The first-order valence-corrected chi connectivity index (χ1v) is 13.1. The van der Waals surface area contributed by atoms with Gasteiger partial charge < -0.3 is 10.1 Å². The Bertz CT molecular complexity index is 1670. The Hall–Kier alpha value is -5.30. The van der Waals surface area contributed by atoms with Crippen molar-refractivity contribution in [1.29, 1.82) is 0 Å². The van der Waals surface area contributed by atoms with Gasteiger partial charge in [0.25, 0.3) is 0 Å². The van der Waals surface area contributed by atoms with Crippen molar-refractivity contribution in [3.05, 3.63) is 150 Å². The van der Waals surface area contributed by atoms with Gasteiger partial charge in [-0.05, 0) is 82.9 Å². The molecule has 5 aromatic rings. The van der Waals surface area contributed by atoms with Crippen molar-refractivity contribution >= 4 is 17.4 Å². The van der Waals surface area contributed by atoms with E-state index in [-0.39, 0.29) is 24.1 Å². The summed E-state index contributed by atoms with van der Waals surface area (Å²) in [5.74, 6) is 0.323. The number of hydrogen-bond acceptors (Lipinski definition) is 3. The van der Waals surface area contributed by atoms with Gasteiger partial charge in [-0.1, -0.05) is 66.7 Å². The predicted molar refractivity (Wildman–Crippen MR) is 156 cm³/mol. The van der Waals surface area contributed by atoms with Crippen LogP contribution in [-0.2, 0) is 0 Å². The zero-order valence-corrected chi connectivity index (χ0v) is 21.9. The highest BCUT2D eigenvalue weighted by Gasteiger charge is 2.32. The number of halogens is 2. The Kier molecular flexibility index (Phi) is 7.24. The fourth-order valence-corrected chi connectivity index (χ4v) is 4.74. The maximum atomic E-state index is 13.6. The lowest BCUT2D eigenvalue weighted by atomic mass is 9.90. The molecule has 0 aromatic heterocycles. The molecule has 0 spiro atoms. The molecule has 7 heteroatoms. The largest absolute Gasteiger partial charge is 0.457 e. The molecule has 1 aliphatic heterocycles. The highest BCUT2D eigenvalue weighted by Crippen LogP contribution is 2.30. The normalized spacial score (nSPS) is 14.4. The Balaban J connectivity index is 1.13. The van der Waals surface area contributed by atoms with Crippen LogP contribution in [0.5, 0.6) is 11.5 Å². The Morgan fingerprint density at radius 2 is 1.22 bits per heavy atom. The summed E-state index contributed by atoms with van der Waals surface area (Å²) in [6, 6.07) is 36.7. The van der Waals surface area contributed by atoms with Gasteiger partial charge in [0.05, 0.1) is 12.3 Å². The van der Waals surface area contributed by atoms with Crippen molar-refractivity contribution in [2.45, 2.75) is 5.92 Å². The summed E-state index contributed by atoms with van der Waals surface area (Å²) < 4.78 is 33.1. The molecule has 0 saturated heterocycles. The Labute approximate surface area is 236 Å². The number of benzene rings is 5. The zero-order chi connectivity index (χ0) is 28.2. The summed E-state index contributed by atoms with van der Waals surface area (Å²) in [4.78, 5) is 13.2. The van der Waals surface area contributed by atoms with E-state index in [2.05, 4.69) is 22.6 Å². The van der Waals surface area contributed by atoms with E-state index in [0.29, 0.717) is 28.5 Å². The number of nitrogens with zero attached hydrogens (tertiary/aromatic N) is 2. The van der Waals surface area contributed by atoms with Crippen LogP contribution < -0.4 is 10.1 Å². The van der Waals surface area contributed by atoms with E-state index in [1.807, 2.05) is 42.5 Å². The summed E-state index contributed by atoms with van der Waals surface area (Å²) in [5.41, 5.74) is 4.91. The third-order valence-electron chi connectivity index (χ3n) is 6.86. The van der Waals surface area contributed by atoms with E-state index in [4.69, 9.17) is 4.74 Å². The van der Waals surface area contributed by atoms with Gasteiger partial charge >= 0.3 is 6.03 Å². The molecule has 1 aliphatic rings. The minimum Gasteiger partial charge on any atom is -0.457 e. The van der Waals surface area contributed by atoms with Gasteiger partial charge in [-0.3, -0.25) is 0 Å². The van der Waals surface area contributed by atoms with Crippen molar-refractivity contribution in [1.82, 2.24) is 5.01 Å². The second kappa shape index (κ2) is 11.4. The fourth-order valence-electron chi connectivity index (χ4n) is 4.74. The molecule has 5 aromatic carbocycles. The molecular formula is C34H25F2N3O2. The number of hydrazone groups is 1. The number of hydrogen-bond donors (Lipinski definition) is 1. The first kappa shape index (κ1) is 26.0. The SMILES string of the molecule is O=C(Nc1ccc(Oc2ccc(-c3ccccc3)cc2)cc1)N1CC(c2ccc(F)cc2)C(c2ccc(F)cc2)=N1. The summed E-state index contributed by atoms with van der Waals surface area (Å²) in [6.07, 6.45) is 0. The number of anilines is 1. The highest BCUT2D eigenvalue weighted by molar-refractivity contribution is 6.07. The smallest absolute Gasteiger partial charge is 0.342 e. The molecule has 1 heterocycles. The molecular weight excluding hydrogens is 520 g/mol. The number of rotatable bonds is 6. The van der Waals surface area contributed by atoms with Crippen molar-refractivity contribution in [3.63, 3.8) is 0 Å². The molecule has 41 heavy (non-hydrogen) atoms. The van der Waals surface area contributed by atoms with E-state index in [0.717, 1.165) is 16.7 Å². The van der Waals surface area contributed by atoms with Gasteiger partial charge in [0, 0.05) is 11.6 Å². The number of carbonyl (C=O) groups is 1. The van der Waals surface area contributed by atoms with Crippen LogP contribution in [0.3, 0.4) is 0 Å². The van der Waals surface area contributed by atoms with E-state index < -0.39 is 6.03 Å². The fraction of sp³-hybridized carbons (Fsp3) is 0.0588. The summed E-state index contributed by atoms with van der Waals surface area (Å²) in [7, 11) is 0. The molecule has 0 aliphatic carbocycles. The van der Waals surface area contributed by atoms with Crippen LogP contribution in [0.15, 0.2) is 132 Å². The van der Waals surface area contributed by atoms with Crippen LogP contribution in [0.2, 0.25) is 0 Å². The standard InChI is InChI=1S/C34H25F2N3O2/c35-27-12-6-25(7-13-27)32-22-39(38-33(32)26-8-14-28(36)15-9-26)34(40)37-29-16-20-31(21-17-29)41-30-18-10-24(11-19-30)23-4-2-1-3-5-23/h1-21,32H,22H2,(H,37,40). The van der Waals surface area contributed by atoms with Crippen LogP contribution in [0.25, 0.3) is 11.1 Å². The molecule has 6 rings (SSSR count). The number of ether oxygens (including phenoxy) is 1. The van der Waals surface area contributed by atoms with Crippen LogP contribution in [0.1, 0.15) is 17.0 Å². The van der Waals surface area contributed by atoms with E-state index in [1.54, 1.807) is 48.5 Å². The molecule has 5 nitrogen and oxygen atoms in total. The minimum atomic E-state index is -0.417. The van der Waals surface area contributed by atoms with Gasteiger partial charge in [-0.25, -0.2) is 18.6 Å². The van der Waals surface area contributed by atoms with Gasteiger partial charge in [0.15, 0.2) is 0 Å². The van der Waals surface area contributed by atoms with Crippen molar-refractivity contribution in [2.75, 3.05) is 11.9 Å². The molecule has 2 amide bonds.